The average molecular weight is 486 g/mol. The Kier molecular flexibility index (Phi) is 9.33. The van der Waals surface area contributed by atoms with Gasteiger partial charge in [-0.2, -0.15) is 0 Å². The molecule has 2 aromatic rings. The topological polar surface area (TPSA) is 129 Å². The van der Waals surface area contributed by atoms with Gasteiger partial charge in [-0.1, -0.05) is 23.7 Å². The van der Waals surface area contributed by atoms with E-state index < -0.39 is 0 Å². The molecule has 2 atom stereocenters. The number of pyridine rings is 1. The average Bonchev–Trinajstić information content (AvgIpc) is 3.22. The molecule has 10 heteroatoms. The number of methoxy groups -OCH3 is 1. The van der Waals surface area contributed by atoms with Gasteiger partial charge in [-0.25, -0.2) is 4.98 Å². The van der Waals surface area contributed by atoms with Gasteiger partial charge < -0.3 is 14.7 Å². The molecule has 2 aromatic heterocycles. The zero-order valence-electron chi connectivity index (χ0n) is 21.0. The number of Topliss-reactive ketones (excluding diaryl/α,β-unsaturated/α-hetero) is 1. The van der Waals surface area contributed by atoms with E-state index in [1.54, 1.807) is 11.7 Å². The molecular weight excluding hydrogens is 450 g/mol. The van der Waals surface area contributed by atoms with E-state index in [9.17, 15) is 14.8 Å². The molecule has 0 radical (unpaired) electrons. The molecule has 0 spiro atoms. The van der Waals surface area contributed by atoms with Crippen molar-refractivity contribution in [3.63, 3.8) is 0 Å². The zero-order valence-corrected chi connectivity index (χ0v) is 21.0. The Balaban J connectivity index is 1.73. The number of rotatable bonds is 11. The van der Waals surface area contributed by atoms with Crippen LogP contribution >= 0.6 is 0 Å². The number of esters is 1. The summed E-state index contributed by atoms with van der Waals surface area (Å²) in [7, 11) is 3.17. The van der Waals surface area contributed by atoms with Crippen LogP contribution in [0.2, 0.25) is 0 Å². The zero-order chi connectivity index (χ0) is 25.4. The van der Waals surface area contributed by atoms with Gasteiger partial charge in [-0.15, -0.1) is 5.10 Å². The van der Waals surface area contributed by atoms with Crippen molar-refractivity contribution in [2.75, 3.05) is 7.11 Å². The van der Waals surface area contributed by atoms with E-state index in [1.165, 1.54) is 7.11 Å². The number of ether oxygens (including phenoxy) is 2. The first kappa shape index (κ1) is 26.3. The monoisotopic (exact) mass is 485 g/mol. The van der Waals surface area contributed by atoms with Crippen molar-refractivity contribution >= 4 is 17.5 Å². The van der Waals surface area contributed by atoms with Gasteiger partial charge in [0.25, 0.3) is 0 Å². The highest BCUT2D eigenvalue weighted by Gasteiger charge is 2.29. The van der Waals surface area contributed by atoms with E-state index in [2.05, 4.69) is 20.5 Å². The van der Waals surface area contributed by atoms with E-state index in [0.29, 0.717) is 47.1 Å². The number of carbonyl (C=O) groups excluding carboxylic acids is 2. The van der Waals surface area contributed by atoms with E-state index in [0.717, 1.165) is 32.1 Å². The Morgan fingerprint density at radius 3 is 2.77 bits per heavy atom. The lowest BCUT2D eigenvalue weighted by atomic mass is 9.87. The maximum atomic E-state index is 12.2. The van der Waals surface area contributed by atoms with Crippen molar-refractivity contribution < 1.29 is 24.3 Å². The third-order valence-corrected chi connectivity index (χ3v) is 6.40. The second-order valence-electron chi connectivity index (χ2n) is 9.08. The van der Waals surface area contributed by atoms with Crippen molar-refractivity contribution in [3.8, 4) is 17.1 Å². The third-order valence-electron chi connectivity index (χ3n) is 6.40. The van der Waals surface area contributed by atoms with Crippen LogP contribution in [0.4, 0.5) is 0 Å². The highest BCUT2D eigenvalue weighted by Crippen LogP contribution is 2.31. The number of hydrogen-bond acceptors (Lipinski definition) is 9. The van der Waals surface area contributed by atoms with Crippen LogP contribution in [-0.2, 0) is 27.8 Å². The van der Waals surface area contributed by atoms with Crippen LogP contribution in [0.15, 0.2) is 17.3 Å². The normalized spacial score (nSPS) is 18.3. The Hall–Kier alpha value is -3.30. The van der Waals surface area contributed by atoms with E-state index in [1.807, 2.05) is 26.0 Å². The number of nitrogens with zero attached hydrogens (tertiary/aromatic N) is 5. The highest BCUT2D eigenvalue weighted by atomic mass is 16.5. The van der Waals surface area contributed by atoms with Crippen molar-refractivity contribution in [2.24, 2.45) is 18.1 Å². The summed E-state index contributed by atoms with van der Waals surface area (Å²) in [6.07, 6.45) is 5.72. The summed E-state index contributed by atoms with van der Waals surface area (Å²) in [6, 6.07) is 3.67. The van der Waals surface area contributed by atoms with Gasteiger partial charge in [0.05, 0.1) is 41.9 Å². The second kappa shape index (κ2) is 12.4. The van der Waals surface area contributed by atoms with Gasteiger partial charge in [0.2, 0.25) is 0 Å². The van der Waals surface area contributed by atoms with E-state index >= 15 is 0 Å². The first-order chi connectivity index (χ1) is 16.9. The van der Waals surface area contributed by atoms with Crippen LogP contribution in [0.25, 0.3) is 11.4 Å². The minimum atomic E-state index is -0.184. The summed E-state index contributed by atoms with van der Waals surface area (Å²) in [4.78, 5) is 28.8. The number of aromatic nitrogens is 4. The number of oxime groups is 1. The molecule has 0 saturated heterocycles. The standard InChI is InChI=1S/C25H35N5O5/c1-5-6-9-19(31)14-18(28-33)15-22-24(27-29-30(22)3)21-11-12-23(16(2)26-21)35-20-10-7-8-17(13-20)25(32)34-4/h11-12,17,20,33H,5-10,13-15H2,1-4H3/b28-18+/t17-,20-/m0/s1. The molecule has 2 heterocycles. The predicted octanol–water partition coefficient (Wildman–Crippen LogP) is 3.82. The lowest BCUT2D eigenvalue weighted by Gasteiger charge is -2.28. The fourth-order valence-corrected chi connectivity index (χ4v) is 4.41. The fraction of sp³-hybridized carbons (Fsp3) is 0.600. The molecule has 1 aliphatic rings. The lowest BCUT2D eigenvalue weighted by molar-refractivity contribution is -0.147. The van der Waals surface area contributed by atoms with Crippen LogP contribution in [-0.4, -0.2) is 55.9 Å². The molecule has 0 unspecified atom stereocenters. The molecule has 190 valence electrons. The van der Waals surface area contributed by atoms with Crippen molar-refractivity contribution in [1.29, 1.82) is 0 Å². The van der Waals surface area contributed by atoms with Crippen molar-refractivity contribution in [1.82, 2.24) is 20.0 Å². The molecule has 1 N–H and O–H groups in total. The number of aryl methyl sites for hydroxylation is 2. The summed E-state index contributed by atoms with van der Waals surface area (Å²) in [5.74, 6) is 0.388. The highest BCUT2D eigenvalue weighted by molar-refractivity contribution is 6.02. The van der Waals surface area contributed by atoms with Crippen LogP contribution in [0.1, 0.15) is 69.7 Å². The first-order valence-corrected chi connectivity index (χ1v) is 12.2. The number of unbranched alkanes of at least 4 members (excludes halogenated alkanes) is 1. The maximum absolute atomic E-state index is 12.2. The molecule has 10 nitrogen and oxygen atoms in total. The van der Waals surface area contributed by atoms with E-state index in [4.69, 9.17) is 9.47 Å². The minimum Gasteiger partial charge on any atom is -0.489 e. The molecular formula is C25H35N5O5. The molecule has 0 aliphatic heterocycles. The van der Waals surface area contributed by atoms with Gasteiger partial charge in [-0.05, 0) is 51.2 Å². The van der Waals surface area contributed by atoms with Crippen LogP contribution in [0, 0.1) is 12.8 Å². The molecule has 0 amide bonds. The fourth-order valence-electron chi connectivity index (χ4n) is 4.41. The molecule has 1 fully saturated rings. The maximum Gasteiger partial charge on any atom is 0.308 e. The van der Waals surface area contributed by atoms with E-state index in [-0.39, 0.29) is 36.6 Å². The van der Waals surface area contributed by atoms with Crippen molar-refractivity contribution in [2.45, 2.75) is 77.7 Å². The lowest BCUT2D eigenvalue weighted by Crippen LogP contribution is -2.30. The molecule has 1 aliphatic carbocycles. The van der Waals surface area contributed by atoms with Crippen molar-refractivity contribution in [3.05, 3.63) is 23.5 Å². The van der Waals surface area contributed by atoms with Crippen LogP contribution in [0.3, 0.4) is 0 Å². The number of ketones is 1. The Labute approximate surface area is 205 Å². The molecule has 1 saturated carbocycles. The Bertz CT molecular complexity index is 1060. The predicted molar refractivity (Wildman–Crippen MR) is 129 cm³/mol. The van der Waals surface area contributed by atoms with Crippen LogP contribution in [0.5, 0.6) is 5.75 Å². The summed E-state index contributed by atoms with van der Waals surface area (Å²) in [6.45, 7) is 3.89. The summed E-state index contributed by atoms with van der Waals surface area (Å²) >= 11 is 0. The number of hydrogen-bond donors (Lipinski definition) is 1. The van der Waals surface area contributed by atoms with Gasteiger partial charge in [-0.3, -0.25) is 14.3 Å². The van der Waals surface area contributed by atoms with Gasteiger partial charge >= 0.3 is 5.97 Å². The smallest absolute Gasteiger partial charge is 0.308 e. The van der Waals surface area contributed by atoms with Gasteiger partial charge in [0, 0.05) is 26.3 Å². The molecule has 35 heavy (non-hydrogen) atoms. The first-order valence-electron chi connectivity index (χ1n) is 12.2. The summed E-state index contributed by atoms with van der Waals surface area (Å²) < 4.78 is 12.7. The number of carbonyl (C=O) groups is 2. The summed E-state index contributed by atoms with van der Waals surface area (Å²) in [5.41, 5.74) is 2.95. The summed E-state index contributed by atoms with van der Waals surface area (Å²) in [5, 5.41) is 21.2. The van der Waals surface area contributed by atoms with Crippen LogP contribution < -0.4 is 4.74 Å². The minimum absolute atomic E-state index is 0.0453. The van der Waals surface area contributed by atoms with Gasteiger partial charge in [0.1, 0.15) is 17.2 Å². The Morgan fingerprint density at radius 1 is 1.29 bits per heavy atom. The Morgan fingerprint density at radius 2 is 2.09 bits per heavy atom. The second-order valence-corrected chi connectivity index (χ2v) is 9.08. The third kappa shape index (κ3) is 6.86. The molecule has 0 bridgehead atoms. The quantitative estimate of drug-likeness (QED) is 0.220. The SMILES string of the molecule is CCCCC(=O)C/C(Cc1c(-c2ccc(O[C@H]3CCC[C@H](C(=O)OC)C3)c(C)n2)nnn1C)=N\O. The van der Waals surface area contributed by atoms with Gasteiger partial charge in [0.15, 0.2) is 0 Å². The molecule has 0 aromatic carbocycles. The molecule has 3 rings (SSSR count). The largest absolute Gasteiger partial charge is 0.489 e.